The Morgan fingerprint density at radius 3 is 2.50 bits per heavy atom. The number of nitriles is 1. The monoisotopic (exact) mass is 306 g/mol. The number of carbonyl (C=O) groups excluding carboxylic acids is 1. The minimum absolute atomic E-state index is 0.586. The van der Waals surface area contributed by atoms with Crippen molar-refractivity contribution in [2.45, 2.75) is 10.4 Å². The fourth-order valence-electron chi connectivity index (χ4n) is 1.30. The van der Waals surface area contributed by atoms with Gasteiger partial charge in [-0.15, -0.1) is 0 Å². The number of non-ortho nitro benzene ring substituents is 1. The van der Waals surface area contributed by atoms with Crippen LogP contribution in [0.1, 0.15) is 15.9 Å². The summed E-state index contributed by atoms with van der Waals surface area (Å²) in [5.74, 6) is -1.13. The molecule has 20 heavy (non-hydrogen) atoms. The number of benzene rings is 1. The van der Waals surface area contributed by atoms with E-state index in [1.807, 2.05) is 0 Å². The Bertz CT molecular complexity index is 610. The van der Waals surface area contributed by atoms with Crippen LogP contribution in [0.15, 0.2) is 17.0 Å². The third-order valence-electron chi connectivity index (χ3n) is 2.04. The van der Waals surface area contributed by atoms with E-state index in [0.717, 1.165) is 7.11 Å². The highest BCUT2D eigenvalue weighted by Crippen LogP contribution is 2.41. The molecule has 0 spiro atoms. The molecule has 1 aromatic rings. The van der Waals surface area contributed by atoms with Crippen molar-refractivity contribution in [1.82, 2.24) is 0 Å². The van der Waals surface area contributed by atoms with Crippen LogP contribution in [0.5, 0.6) is 0 Å². The minimum atomic E-state index is -4.76. The van der Waals surface area contributed by atoms with Crippen molar-refractivity contribution in [3.63, 3.8) is 0 Å². The maximum atomic E-state index is 12.4. The van der Waals surface area contributed by atoms with Gasteiger partial charge in [0.15, 0.2) is 0 Å². The second-order valence-electron chi connectivity index (χ2n) is 3.27. The van der Waals surface area contributed by atoms with E-state index < -0.39 is 49.9 Å². The number of hydrogen-bond donors (Lipinski definition) is 0. The lowest BCUT2D eigenvalue weighted by Gasteiger charge is -2.09. The topological polar surface area (TPSA) is 93.2 Å². The van der Waals surface area contributed by atoms with Crippen molar-refractivity contribution >= 4 is 23.4 Å². The van der Waals surface area contributed by atoms with Gasteiger partial charge in [-0.2, -0.15) is 18.4 Å². The number of nitro groups is 1. The van der Waals surface area contributed by atoms with Crippen molar-refractivity contribution < 1.29 is 27.6 Å². The van der Waals surface area contributed by atoms with Gasteiger partial charge in [-0.05, 0) is 11.8 Å². The van der Waals surface area contributed by atoms with Gasteiger partial charge in [0.2, 0.25) is 0 Å². The molecule has 0 unspecified atom stereocenters. The lowest BCUT2D eigenvalue weighted by Crippen LogP contribution is -2.08. The molecular weight excluding hydrogens is 301 g/mol. The highest BCUT2D eigenvalue weighted by Gasteiger charge is 2.33. The molecule has 10 heteroatoms. The summed E-state index contributed by atoms with van der Waals surface area (Å²) in [6.45, 7) is 0. The first kappa shape index (κ1) is 15.8. The smallest absolute Gasteiger partial charge is 0.446 e. The lowest BCUT2D eigenvalue weighted by molar-refractivity contribution is -0.385. The molecular formula is C10H5F3N2O4S. The molecule has 1 aromatic carbocycles. The first-order chi connectivity index (χ1) is 9.19. The Balaban J connectivity index is 3.56. The number of ether oxygens (including phenoxy) is 1. The molecule has 1 rings (SSSR count). The molecule has 0 saturated heterocycles. The third-order valence-corrected chi connectivity index (χ3v) is 2.81. The van der Waals surface area contributed by atoms with Crippen LogP contribution in [0.4, 0.5) is 18.9 Å². The molecule has 0 atom stereocenters. The minimum Gasteiger partial charge on any atom is -0.465 e. The number of thioether (sulfide) groups is 1. The van der Waals surface area contributed by atoms with Gasteiger partial charge >= 0.3 is 11.5 Å². The van der Waals surface area contributed by atoms with Gasteiger partial charge in [0.1, 0.15) is 6.07 Å². The van der Waals surface area contributed by atoms with Crippen molar-refractivity contribution in [2.75, 3.05) is 7.11 Å². The van der Waals surface area contributed by atoms with Crippen LogP contribution < -0.4 is 0 Å². The number of rotatable bonds is 3. The van der Waals surface area contributed by atoms with Gasteiger partial charge in [0.25, 0.3) is 5.69 Å². The molecule has 0 fully saturated rings. The van der Waals surface area contributed by atoms with Crippen LogP contribution in [-0.2, 0) is 4.74 Å². The predicted octanol–water partition coefficient (Wildman–Crippen LogP) is 2.86. The second kappa shape index (κ2) is 5.79. The van der Waals surface area contributed by atoms with Gasteiger partial charge in [-0.3, -0.25) is 10.1 Å². The normalized spacial score (nSPS) is 10.8. The molecule has 6 nitrogen and oxygen atoms in total. The lowest BCUT2D eigenvalue weighted by atomic mass is 10.1. The van der Waals surface area contributed by atoms with Gasteiger partial charge in [0.05, 0.1) is 23.2 Å². The Hall–Kier alpha value is -2.28. The number of carbonyl (C=O) groups is 1. The van der Waals surface area contributed by atoms with Gasteiger partial charge in [0, 0.05) is 17.0 Å². The number of halogens is 3. The molecule has 0 amide bonds. The average Bonchev–Trinajstić information content (AvgIpc) is 2.34. The maximum absolute atomic E-state index is 12.4. The van der Waals surface area contributed by atoms with Crippen molar-refractivity contribution in [3.8, 4) is 6.07 Å². The molecule has 0 aliphatic carbocycles. The van der Waals surface area contributed by atoms with E-state index in [1.165, 1.54) is 6.07 Å². The zero-order valence-corrected chi connectivity index (χ0v) is 10.5. The fourth-order valence-corrected chi connectivity index (χ4v) is 1.98. The first-order valence-corrected chi connectivity index (χ1v) is 5.58. The molecule has 0 radical (unpaired) electrons. The zero-order chi connectivity index (χ0) is 15.5. The van der Waals surface area contributed by atoms with Crippen LogP contribution in [-0.4, -0.2) is 23.5 Å². The summed E-state index contributed by atoms with van der Waals surface area (Å²) >= 11 is -0.709. The van der Waals surface area contributed by atoms with E-state index >= 15 is 0 Å². The summed E-state index contributed by atoms with van der Waals surface area (Å²) in [4.78, 5) is 20.4. The van der Waals surface area contributed by atoms with E-state index in [1.54, 1.807) is 0 Å². The van der Waals surface area contributed by atoms with Crippen LogP contribution in [0, 0.1) is 21.4 Å². The Morgan fingerprint density at radius 1 is 1.50 bits per heavy atom. The Labute approximate surface area is 114 Å². The molecule has 0 heterocycles. The molecule has 0 bridgehead atoms. The summed E-state index contributed by atoms with van der Waals surface area (Å²) in [6, 6.07) is 2.71. The number of nitrogens with zero attached hydrogens (tertiary/aromatic N) is 2. The van der Waals surface area contributed by atoms with E-state index in [9.17, 15) is 28.1 Å². The maximum Gasteiger partial charge on any atom is 0.446 e. The average molecular weight is 306 g/mol. The Morgan fingerprint density at radius 2 is 2.10 bits per heavy atom. The summed E-state index contributed by atoms with van der Waals surface area (Å²) in [7, 11) is 0.943. The highest BCUT2D eigenvalue weighted by atomic mass is 32.2. The number of alkyl halides is 3. The quantitative estimate of drug-likeness (QED) is 0.369. The summed E-state index contributed by atoms with van der Waals surface area (Å²) in [6.07, 6.45) is 0. The van der Waals surface area contributed by atoms with Gasteiger partial charge in [-0.1, -0.05) is 0 Å². The van der Waals surface area contributed by atoms with E-state index in [2.05, 4.69) is 4.74 Å². The van der Waals surface area contributed by atoms with Gasteiger partial charge < -0.3 is 4.74 Å². The van der Waals surface area contributed by atoms with Crippen molar-refractivity contribution in [1.29, 1.82) is 5.26 Å². The Kier molecular flexibility index (Phi) is 4.57. The molecule has 106 valence electrons. The van der Waals surface area contributed by atoms with Crippen LogP contribution >= 0.6 is 11.8 Å². The zero-order valence-electron chi connectivity index (χ0n) is 9.72. The molecule has 0 aliphatic rings. The van der Waals surface area contributed by atoms with E-state index in [0.29, 0.717) is 12.1 Å². The molecule has 0 N–H and O–H groups in total. The van der Waals surface area contributed by atoms with Crippen molar-refractivity contribution in [2.24, 2.45) is 0 Å². The fraction of sp³-hybridized carbons (Fsp3) is 0.200. The second-order valence-corrected chi connectivity index (χ2v) is 4.38. The number of esters is 1. The number of hydrogen-bond acceptors (Lipinski definition) is 6. The highest BCUT2D eigenvalue weighted by molar-refractivity contribution is 8.00. The predicted molar refractivity (Wildman–Crippen MR) is 61.1 cm³/mol. The molecule has 0 aliphatic heterocycles. The number of methoxy groups -OCH3 is 1. The van der Waals surface area contributed by atoms with Crippen molar-refractivity contribution in [3.05, 3.63) is 33.4 Å². The van der Waals surface area contributed by atoms with E-state index in [-0.39, 0.29) is 0 Å². The third kappa shape index (κ3) is 3.61. The summed E-state index contributed by atoms with van der Waals surface area (Å²) in [5, 5.41) is 19.5. The van der Waals surface area contributed by atoms with E-state index in [4.69, 9.17) is 5.26 Å². The van der Waals surface area contributed by atoms with Crippen LogP contribution in [0.2, 0.25) is 0 Å². The summed E-state index contributed by atoms with van der Waals surface area (Å²) < 4.78 is 41.4. The summed E-state index contributed by atoms with van der Waals surface area (Å²) in [5.41, 5.74) is -6.70. The first-order valence-electron chi connectivity index (χ1n) is 4.76. The van der Waals surface area contributed by atoms with Crippen LogP contribution in [0.25, 0.3) is 0 Å². The number of nitro benzene ring substituents is 1. The molecule has 0 saturated carbocycles. The van der Waals surface area contributed by atoms with Crippen LogP contribution in [0.3, 0.4) is 0 Å². The standard InChI is InChI=1S/C10H5F3N2O4S/c1-19-9(16)6-2-5(15(17)18)3-8(7(6)4-14)20-10(11,12)13/h2-3H,1H3. The molecule has 0 aromatic heterocycles. The SMILES string of the molecule is COC(=O)c1cc([N+](=O)[O-])cc(SC(F)(F)F)c1C#N. The van der Waals surface area contributed by atoms with Gasteiger partial charge in [-0.25, -0.2) is 4.79 Å². The largest absolute Gasteiger partial charge is 0.465 e.